The van der Waals surface area contributed by atoms with E-state index in [4.69, 9.17) is 4.74 Å². The van der Waals surface area contributed by atoms with Crippen LogP contribution in [-0.4, -0.2) is 31.8 Å². The first-order chi connectivity index (χ1) is 7.34. The Kier molecular flexibility index (Phi) is 1.75. The molecule has 76 valence electrons. The summed E-state index contributed by atoms with van der Waals surface area (Å²) in [4.78, 5) is 4.35. The minimum atomic E-state index is 0.188. The fourth-order valence-electron chi connectivity index (χ4n) is 1.52. The summed E-state index contributed by atoms with van der Waals surface area (Å²) in [5.41, 5.74) is 2.97. The van der Waals surface area contributed by atoms with Crippen LogP contribution in [0.3, 0.4) is 0 Å². The molecule has 1 unspecified atom stereocenters. The molecule has 6 heteroatoms. The molecule has 1 aliphatic rings. The van der Waals surface area contributed by atoms with Crippen LogP contribution < -0.4 is 0 Å². The fourth-order valence-corrected chi connectivity index (χ4v) is 1.52. The number of tetrazole rings is 1. The number of aryl methyl sites for hydroxylation is 1. The summed E-state index contributed by atoms with van der Waals surface area (Å²) in [6.45, 7) is 2.79. The molecule has 0 bridgehead atoms. The molecule has 0 aliphatic carbocycles. The molecule has 0 aromatic carbocycles. The highest BCUT2D eigenvalue weighted by Crippen LogP contribution is 2.30. The SMILES string of the molecule is Cc1cc(-n2cnnn2)cnc1C1CO1. The second-order valence-electron chi connectivity index (χ2n) is 3.47. The zero-order valence-electron chi connectivity index (χ0n) is 8.16. The maximum absolute atomic E-state index is 5.20. The lowest BCUT2D eigenvalue weighted by atomic mass is 10.1. The van der Waals surface area contributed by atoms with Gasteiger partial charge in [-0.25, -0.2) is 0 Å². The summed E-state index contributed by atoms with van der Waals surface area (Å²) in [5.74, 6) is 0. The molecule has 0 spiro atoms. The highest BCUT2D eigenvalue weighted by atomic mass is 16.6. The molecular weight excluding hydrogens is 194 g/mol. The second-order valence-corrected chi connectivity index (χ2v) is 3.47. The highest BCUT2D eigenvalue weighted by Gasteiger charge is 2.27. The van der Waals surface area contributed by atoms with Crippen molar-refractivity contribution in [2.24, 2.45) is 0 Å². The van der Waals surface area contributed by atoms with Crippen molar-refractivity contribution in [1.82, 2.24) is 25.2 Å². The Morgan fingerprint density at radius 2 is 2.40 bits per heavy atom. The summed E-state index contributed by atoms with van der Waals surface area (Å²) in [7, 11) is 0. The summed E-state index contributed by atoms with van der Waals surface area (Å²) in [5, 5.41) is 11.0. The van der Waals surface area contributed by atoms with Crippen molar-refractivity contribution < 1.29 is 4.74 Å². The quantitative estimate of drug-likeness (QED) is 0.662. The first-order valence-electron chi connectivity index (χ1n) is 4.66. The fraction of sp³-hybridized carbons (Fsp3) is 0.333. The lowest BCUT2D eigenvalue weighted by Crippen LogP contribution is -2.00. The minimum Gasteiger partial charge on any atom is -0.366 e. The molecule has 1 saturated heterocycles. The molecule has 0 radical (unpaired) electrons. The first-order valence-corrected chi connectivity index (χ1v) is 4.66. The lowest BCUT2D eigenvalue weighted by molar-refractivity contribution is 0.410. The van der Waals surface area contributed by atoms with Crippen LogP contribution in [0.2, 0.25) is 0 Å². The molecule has 1 aliphatic heterocycles. The Bertz CT molecular complexity index is 477. The number of ether oxygens (including phenoxy) is 1. The van der Waals surface area contributed by atoms with E-state index in [1.54, 1.807) is 17.2 Å². The van der Waals surface area contributed by atoms with Crippen LogP contribution in [0.15, 0.2) is 18.6 Å². The van der Waals surface area contributed by atoms with Gasteiger partial charge in [-0.3, -0.25) is 4.98 Å². The topological polar surface area (TPSA) is 69.0 Å². The van der Waals surface area contributed by atoms with Crippen LogP contribution in [0, 0.1) is 6.92 Å². The molecule has 2 aromatic heterocycles. The Hall–Kier alpha value is -1.82. The second kappa shape index (κ2) is 3.09. The molecule has 0 N–H and O–H groups in total. The summed E-state index contributed by atoms with van der Waals surface area (Å²) >= 11 is 0. The van der Waals surface area contributed by atoms with Gasteiger partial charge in [-0.1, -0.05) is 0 Å². The zero-order chi connectivity index (χ0) is 10.3. The van der Waals surface area contributed by atoms with E-state index in [1.165, 1.54) is 0 Å². The Morgan fingerprint density at radius 3 is 3.00 bits per heavy atom. The number of nitrogens with zero attached hydrogens (tertiary/aromatic N) is 5. The maximum atomic E-state index is 5.20. The number of hydrogen-bond donors (Lipinski definition) is 0. The molecule has 1 fully saturated rings. The van der Waals surface area contributed by atoms with Crippen LogP contribution in [0.5, 0.6) is 0 Å². The van der Waals surface area contributed by atoms with Crippen LogP contribution in [0.4, 0.5) is 0 Å². The van der Waals surface area contributed by atoms with Gasteiger partial charge in [-0.15, -0.1) is 5.10 Å². The zero-order valence-corrected chi connectivity index (χ0v) is 8.16. The summed E-state index contributed by atoms with van der Waals surface area (Å²) < 4.78 is 6.78. The van der Waals surface area contributed by atoms with Gasteiger partial charge in [0.1, 0.15) is 12.4 Å². The third-order valence-corrected chi connectivity index (χ3v) is 2.36. The van der Waals surface area contributed by atoms with Crippen LogP contribution in [-0.2, 0) is 4.74 Å². The van der Waals surface area contributed by atoms with Gasteiger partial charge in [0.2, 0.25) is 0 Å². The number of hydrogen-bond acceptors (Lipinski definition) is 5. The first kappa shape index (κ1) is 8.49. The van der Waals surface area contributed by atoms with Crippen LogP contribution >= 0.6 is 0 Å². The van der Waals surface area contributed by atoms with Gasteiger partial charge in [0, 0.05) is 0 Å². The monoisotopic (exact) mass is 203 g/mol. The van der Waals surface area contributed by atoms with E-state index in [2.05, 4.69) is 20.5 Å². The van der Waals surface area contributed by atoms with Gasteiger partial charge in [-0.2, -0.15) is 4.68 Å². The molecule has 2 aromatic rings. The Labute approximate surface area is 85.9 Å². The molecular formula is C9H9N5O. The van der Waals surface area contributed by atoms with Crippen molar-refractivity contribution in [3.63, 3.8) is 0 Å². The van der Waals surface area contributed by atoms with Crippen molar-refractivity contribution in [2.75, 3.05) is 6.61 Å². The average Bonchev–Trinajstić information content (AvgIpc) is 2.93. The molecule has 0 amide bonds. The van der Waals surface area contributed by atoms with E-state index in [9.17, 15) is 0 Å². The third-order valence-electron chi connectivity index (χ3n) is 2.36. The normalized spacial score (nSPS) is 19.1. The molecule has 3 heterocycles. The smallest absolute Gasteiger partial charge is 0.143 e. The maximum Gasteiger partial charge on any atom is 0.143 e. The van der Waals surface area contributed by atoms with E-state index >= 15 is 0 Å². The standard InChI is InChI=1S/C9H9N5O/c1-6-2-7(14-5-11-12-13-14)3-10-9(6)8-4-15-8/h2-3,5,8H,4H2,1H3. The van der Waals surface area contributed by atoms with Gasteiger partial charge in [0.05, 0.1) is 24.2 Å². The Morgan fingerprint density at radius 1 is 1.53 bits per heavy atom. The molecule has 15 heavy (non-hydrogen) atoms. The van der Waals surface area contributed by atoms with Crippen LogP contribution in [0.25, 0.3) is 5.69 Å². The van der Waals surface area contributed by atoms with Crippen LogP contribution in [0.1, 0.15) is 17.4 Å². The molecule has 1 atom stereocenters. The van der Waals surface area contributed by atoms with E-state index in [1.807, 2.05) is 13.0 Å². The van der Waals surface area contributed by atoms with E-state index in [0.717, 1.165) is 23.6 Å². The number of epoxide rings is 1. The van der Waals surface area contributed by atoms with Crippen molar-refractivity contribution in [2.45, 2.75) is 13.0 Å². The summed E-state index contributed by atoms with van der Waals surface area (Å²) in [6.07, 6.45) is 3.48. The molecule has 3 rings (SSSR count). The average molecular weight is 203 g/mol. The molecule has 6 nitrogen and oxygen atoms in total. The van der Waals surface area contributed by atoms with E-state index in [-0.39, 0.29) is 6.10 Å². The van der Waals surface area contributed by atoms with E-state index < -0.39 is 0 Å². The number of aromatic nitrogens is 5. The van der Waals surface area contributed by atoms with Crippen molar-refractivity contribution in [1.29, 1.82) is 0 Å². The minimum absolute atomic E-state index is 0.188. The number of pyridine rings is 1. The van der Waals surface area contributed by atoms with E-state index in [0.29, 0.717) is 0 Å². The Balaban J connectivity index is 2.01. The third kappa shape index (κ3) is 1.48. The number of rotatable bonds is 2. The molecule has 0 saturated carbocycles. The lowest BCUT2D eigenvalue weighted by Gasteiger charge is -2.04. The predicted molar refractivity (Wildman–Crippen MR) is 50.4 cm³/mol. The summed E-state index contributed by atoms with van der Waals surface area (Å²) in [6, 6.07) is 2.00. The van der Waals surface area contributed by atoms with Crippen molar-refractivity contribution >= 4 is 0 Å². The van der Waals surface area contributed by atoms with Gasteiger partial charge in [-0.05, 0) is 29.0 Å². The van der Waals surface area contributed by atoms with Crippen molar-refractivity contribution in [3.8, 4) is 5.69 Å². The van der Waals surface area contributed by atoms with Crippen molar-refractivity contribution in [3.05, 3.63) is 29.8 Å². The van der Waals surface area contributed by atoms with Gasteiger partial charge < -0.3 is 4.74 Å². The van der Waals surface area contributed by atoms with Gasteiger partial charge in [0.25, 0.3) is 0 Å². The van der Waals surface area contributed by atoms with Gasteiger partial charge >= 0.3 is 0 Å². The largest absolute Gasteiger partial charge is 0.366 e. The predicted octanol–water partition coefficient (Wildman–Crippen LogP) is 0.437. The van der Waals surface area contributed by atoms with Gasteiger partial charge in [0.15, 0.2) is 0 Å². The highest BCUT2D eigenvalue weighted by molar-refractivity contribution is 5.35.